The van der Waals surface area contributed by atoms with Crippen LogP contribution in [0.15, 0.2) is 61.1 Å². The molecule has 1 fully saturated rings. The molecule has 0 radical (unpaired) electrons. The minimum Gasteiger partial charge on any atom is -0.370 e. The first-order valence-electron chi connectivity index (χ1n) is 10.3. The standard InChI is InChI=1S/C23H27N5O/c1-18-6-5-13-27(16-18)23(29)20-9-10-22(25-15-20)24-12-11-19-14-26-28(17-19)21-7-3-2-4-8-21/h2-4,7-10,14-15,17-18H,5-6,11-13,16H2,1H3,(H,24,25). The van der Waals surface area contributed by atoms with Crippen molar-refractivity contribution >= 4 is 11.7 Å². The van der Waals surface area contributed by atoms with E-state index >= 15 is 0 Å². The number of pyridine rings is 1. The van der Waals surface area contributed by atoms with Crippen molar-refractivity contribution in [3.63, 3.8) is 0 Å². The minimum atomic E-state index is 0.0870. The number of hydrogen-bond acceptors (Lipinski definition) is 4. The van der Waals surface area contributed by atoms with Gasteiger partial charge in [0.2, 0.25) is 0 Å². The van der Waals surface area contributed by atoms with Crippen LogP contribution in [0, 0.1) is 5.92 Å². The lowest BCUT2D eigenvalue weighted by Gasteiger charge is -2.30. The molecular weight excluding hydrogens is 362 g/mol. The van der Waals surface area contributed by atoms with Gasteiger partial charge in [-0.1, -0.05) is 25.1 Å². The highest BCUT2D eigenvalue weighted by Crippen LogP contribution is 2.18. The van der Waals surface area contributed by atoms with Crippen LogP contribution in [0.4, 0.5) is 5.82 Å². The third-order valence-electron chi connectivity index (χ3n) is 5.33. The molecule has 3 aromatic rings. The Hall–Kier alpha value is -3.15. The fourth-order valence-corrected chi connectivity index (χ4v) is 3.73. The van der Waals surface area contributed by atoms with Crippen LogP contribution in [0.5, 0.6) is 0 Å². The van der Waals surface area contributed by atoms with Gasteiger partial charge in [0, 0.05) is 32.0 Å². The number of benzene rings is 1. The van der Waals surface area contributed by atoms with Gasteiger partial charge < -0.3 is 10.2 Å². The molecule has 1 unspecified atom stereocenters. The molecule has 4 rings (SSSR count). The molecule has 1 atom stereocenters. The van der Waals surface area contributed by atoms with E-state index < -0.39 is 0 Å². The minimum absolute atomic E-state index is 0.0870. The average molecular weight is 390 g/mol. The van der Waals surface area contributed by atoms with Gasteiger partial charge >= 0.3 is 0 Å². The number of nitrogens with zero attached hydrogens (tertiary/aromatic N) is 4. The number of nitrogens with one attached hydrogen (secondary N) is 1. The van der Waals surface area contributed by atoms with E-state index in [0.717, 1.165) is 49.5 Å². The molecule has 6 heteroatoms. The lowest BCUT2D eigenvalue weighted by molar-refractivity contribution is 0.0682. The van der Waals surface area contributed by atoms with Crippen LogP contribution >= 0.6 is 0 Å². The van der Waals surface area contributed by atoms with E-state index in [9.17, 15) is 4.79 Å². The highest BCUT2D eigenvalue weighted by atomic mass is 16.2. The van der Waals surface area contributed by atoms with Gasteiger partial charge in [0.15, 0.2) is 0 Å². The van der Waals surface area contributed by atoms with Crippen LogP contribution in [-0.4, -0.2) is 45.2 Å². The predicted molar refractivity (Wildman–Crippen MR) is 114 cm³/mol. The summed E-state index contributed by atoms with van der Waals surface area (Å²) in [5.41, 5.74) is 2.87. The second-order valence-electron chi connectivity index (χ2n) is 7.74. The fourth-order valence-electron chi connectivity index (χ4n) is 3.73. The van der Waals surface area contributed by atoms with Crippen molar-refractivity contribution in [1.29, 1.82) is 0 Å². The Morgan fingerprint density at radius 2 is 2.03 bits per heavy atom. The van der Waals surface area contributed by atoms with Crippen molar-refractivity contribution in [3.8, 4) is 5.69 Å². The summed E-state index contributed by atoms with van der Waals surface area (Å²) in [5, 5.41) is 7.75. The Bertz CT molecular complexity index is 935. The van der Waals surface area contributed by atoms with E-state index in [-0.39, 0.29) is 5.91 Å². The molecule has 1 aromatic carbocycles. The third-order valence-corrected chi connectivity index (χ3v) is 5.33. The largest absolute Gasteiger partial charge is 0.370 e. The van der Waals surface area contributed by atoms with Crippen molar-refractivity contribution in [1.82, 2.24) is 19.7 Å². The van der Waals surface area contributed by atoms with Crippen LogP contribution in [0.25, 0.3) is 5.69 Å². The zero-order valence-electron chi connectivity index (χ0n) is 16.8. The highest BCUT2D eigenvalue weighted by molar-refractivity contribution is 5.94. The lowest BCUT2D eigenvalue weighted by atomic mass is 10.00. The summed E-state index contributed by atoms with van der Waals surface area (Å²) >= 11 is 0. The molecule has 29 heavy (non-hydrogen) atoms. The number of carbonyl (C=O) groups is 1. The van der Waals surface area contributed by atoms with Crippen molar-refractivity contribution in [2.24, 2.45) is 5.92 Å². The Kier molecular flexibility index (Phi) is 5.89. The van der Waals surface area contributed by atoms with E-state index in [0.29, 0.717) is 11.5 Å². The Morgan fingerprint density at radius 3 is 2.79 bits per heavy atom. The molecule has 0 aliphatic carbocycles. The summed E-state index contributed by atoms with van der Waals surface area (Å²) in [6.07, 6.45) is 8.75. The van der Waals surface area contributed by atoms with Gasteiger partial charge in [0.1, 0.15) is 5.82 Å². The number of amides is 1. The molecule has 3 heterocycles. The molecule has 1 saturated heterocycles. The van der Waals surface area contributed by atoms with Gasteiger partial charge in [-0.25, -0.2) is 9.67 Å². The average Bonchev–Trinajstić information content (AvgIpc) is 3.23. The number of hydrogen-bond donors (Lipinski definition) is 1. The van der Waals surface area contributed by atoms with Gasteiger partial charge in [0.05, 0.1) is 17.4 Å². The van der Waals surface area contributed by atoms with Crippen LogP contribution in [0.1, 0.15) is 35.7 Å². The number of rotatable bonds is 6. The number of likely N-dealkylation sites (tertiary alicyclic amines) is 1. The van der Waals surface area contributed by atoms with Crippen molar-refractivity contribution < 1.29 is 4.79 Å². The first kappa shape index (κ1) is 19.2. The number of piperidine rings is 1. The summed E-state index contributed by atoms with van der Waals surface area (Å²) in [6.45, 7) is 4.65. The van der Waals surface area contributed by atoms with Gasteiger partial charge in [0.25, 0.3) is 5.91 Å². The topological polar surface area (TPSA) is 63.1 Å². The summed E-state index contributed by atoms with van der Waals surface area (Å²) in [5.74, 6) is 1.45. The van der Waals surface area contributed by atoms with E-state index in [1.165, 1.54) is 6.42 Å². The quantitative estimate of drug-likeness (QED) is 0.697. The molecule has 0 spiro atoms. The summed E-state index contributed by atoms with van der Waals surface area (Å²) in [6, 6.07) is 13.8. The molecule has 0 bridgehead atoms. The summed E-state index contributed by atoms with van der Waals surface area (Å²) < 4.78 is 1.88. The maximum Gasteiger partial charge on any atom is 0.255 e. The van der Waals surface area contributed by atoms with Crippen LogP contribution in [-0.2, 0) is 6.42 Å². The van der Waals surface area contributed by atoms with Gasteiger partial charge in [-0.3, -0.25) is 4.79 Å². The molecule has 1 N–H and O–H groups in total. The molecular formula is C23H27N5O. The Labute approximate surface area is 171 Å². The fraction of sp³-hybridized carbons (Fsp3) is 0.348. The molecule has 0 saturated carbocycles. The zero-order chi connectivity index (χ0) is 20.1. The van der Waals surface area contributed by atoms with Crippen LogP contribution in [0.3, 0.4) is 0 Å². The molecule has 1 amide bonds. The number of aromatic nitrogens is 3. The van der Waals surface area contributed by atoms with E-state index in [4.69, 9.17) is 0 Å². The van der Waals surface area contributed by atoms with Gasteiger partial charge in [-0.2, -0.15) is 5.10 Å². The molecule has 1 aliphatic rings. The van der Waals surface area contributed by atoms with Crippen molar-refractivity contribution in [2.45, 2.75) is 26.2 Å². The Balaban J connectivity index is 1.28. The number of carbonyl (C=O) groups excluding carboxylic acids is 1. The molecule has 150 valence electrons. The second kappa shape index (κ2) is 8.90. The van der Waals surface area contributed by atoms with Crippen molar-refractivity contribution in [2.75, 3.05) is 25.0 Å². The monoisotopic (exact) mass is 389 g/mol. The first-order chi connectivity index (χ1) is 14.2. The summed E-state index contributed by atoms with van der Waals surface area (Å²) in [7, 11) is 0. The Morgan fingerprint density at radius 1 is 1.17 bits per heavy atom. The normalized spacial score (nSPS) is 16.6. The van der Waals surface area contributed by atoms with E-state index in [1.54, 1.807) is 6.20 Å². The molecule has 2 aromatic heterocycles. The lowest BCUT2D eigenvalue weighted by Crippen LogP contribution is -2.39. The van der Waals surface area contributed by atoms with Crippen LogP contribution < -0.4 is 5.32 Å². The van der Waals surface area contributed by atoms with Gasteiger partial charge in [-0.05, 0) is 55.0 Å². The number of anilines is 1. The van der Waals surface area contributed by atoms with E-state index in [1.807, 2.05) is 64.4 Å². The van der Waals surface area contributed by atoms with Crippen LogP contribution in [0.2, 0.25) is 0 Å². The highest BCUT2D eigenvalue weighted by Gasteiger charge is 2.22. The first-order valence-corrected chi connectivity index (χ1v) is 10.3. The molecule has 6 nitrogen and oxygen atoms in total. The maximum atomic E-state index is 12.6. The van der Waals surface area contributed by atoms with Gasteiger partial charge in [-0.15, -0.1) is 0 Å². The van der Waals surface area contributed by atoms with E-state index in [2.05, 4.69) is 22.3 Å². The zero-order valence-corrected chi connectivity index (χ0v) is 16.8. The predicted octanol–water partition coefficient (Wildman–Crippen LogP) is 3.79. The maximum absolute atomic E-state index is 12.6. The SMILES string of the molecule is CC1CCCN(C(=O)c2ccc(NCCc3cnn(-c4ccccc4)c3)nc2)C1. The van der Waals surface area contributed by atoms with Crippen molar-refractivity contribution in [3.05, 3.63) is 72.2 Å². The molecule has 1 aliphatic heterocycles. The third kappa shape index (κ3) is 4.83. The summed E-state index contributed by atoms with van der Waals surface area (Å²) in [4.78, 5) is 19.0. The smallest absolute Gasteiger partial charge is 0.255 e. The second-order valence-corrected chi connectivity index (χ2v) is 7.74. The number of para-hydroxylation sites is 1.